The number of hydrogen-bond donors (Lipinski definition) is 3. The smallest absolute Gasteiger partial charge is 0.220 e. The molecule has 7 nitrogen and oxygen atoms in total. The Morgan fingerprint density at radius 3 is 2.59 bits per heavy atom. The van der Waals surface area contributed by atoms with E-state index in [4.69, 9.17) is 4.42 Å². The number of aliphatic imine (C=N–C) groups is 1. The first kappa shape index (κ1) is 21.7. The van der Waals surface area contributed by atoms with Gasteiger partial charge >= 0.3 is 0 Å². The molecule has 7 heteroatoms. The second-order valence-electron chi connectivity index (χ2n) is 8.21. The fourth-order valence-electron chi connectivity index (χ4n) is 4.47. The first-order chi connectivity index (χ1) is 14.3. The largest absolute Gasteiger partial charge is 0.468 e. The van der Waals surface area contributed by atoms with Gasteiger partial charge in [-0.2, -0.15) is 0 Å². The maximum absolute atomic E-state index is 12.1. The maximum Gasteiger partial charge on any atom is 0.220 e. The van der Waals surface area contributed by atoms with E-state index < -0.39 is 0 Å². The molecule has 2 heterocycles. The Morgan fingerprint density at radius 2 is 1.90 bits per heavy atom. The van der Waals surface area contributed by atoms with E-state index in [9.17, 15) is 4.79 Å². The lowest BCUT2D eigenvalue weighted by Gasteiger charge is -2.26. The van der Waals surface area contributed by atoms with Crippen molar-refractivity contribution >= 4 is 11.9 Å². The highest BCUT2D eigenvalue weighted by molar-refractivity contribution is 5.80. The summed E-state index contributed by atoms with van der Waals surface area (Å²) in [5.74, 6) is 2.50. The van der Waals surface area contributed by atoms with E-state index in [0.29, 0.717) is 25.4 Å². The van der Waals surface area contributed by atoms with Crippen molar-refractivity contribution in [2.24, 2.45) is 10.9 Å². The Kier molecular flexibility index (Phi) is 8.86. The summed E-state index contributed by atoms with van der Waals surface area (Å²) in [5.41, 5.74) is 0. The van der Waals surface area contributed by atoms with Crippen LogP contribution in [0.1, 0.15) is 63.2 Å². The molecule has 1 aromatic heterocycles. The minimum atomic E-state index is 0.175. The van der Waals surface area contributed by atoms with Gasteiger partial charge < -0.3 is 20.4 Å². The first-order valence-corrected chi connectivity index (χ1v) is 11.2. The summed E-state index contributed by atoms with van der Waals surface area (Å²) < 4.78 is 5.67. The van der Waals surface area contributed by atoms with Gasteiger partial charge in [-0.15, -0.1) is 0 Å². The molecule has 1 saturated carbocycles. The zero-order valence-corrected chi connectivity index (χ0v) is 17.8. The Morgan fingerprint density at radius 1 is 1.14 bits per heavy atom. The number of furan rings is 1. The lowest BCUT2D eigenvalue weighted by molar-refractivity contribution is -0.122. The third kappa shape index (κ3) is 7.07. The molecule has 0 aromatic carbocycles. The molecule has 1 aliphatic heterocycles. The van der Waals surface area contributed by atoms with Crippen LogP contribution in [0, 0.1) is 5.92 Å². The standard InChI is InChI=1S/C22H37N5O2/c1-23-22(25-12-11-24-21(28)16-18-8-3-2-4-9-18)26-17-19(20-10-7-15-29-20)27-13-5-6-14-27/h7,10,15,18-19H,2-6,8-9,11-14,16-17H2,1H3,(H,24,28)(H2,23,25,26). The fraction of sp³-hybridized carbons (Fsp3) is 0.727. The number of nitrogens with zero attached hydrogens (tertiary/aromatic N) is 2. The summed E-state index contributed by atoms with van der Waals surface area (Å²) in [6, 6.07) is 4.20. The molecule has 162 valence electrons. The number of guanidine groups is 1. The monoisotopic (exact) mass is 403 g/mol. The van der Waals surface area contributed by atoms with Crippen molar-refractivity contribution in [2.45, 2.75) is 57.4 Å². The van der Waals surface area contributed by atoms with E-state index in [1.807, 2.05) is 12.1 Å². The predicted octanol–water partition coefficient (Wildman–Crippen LogP) is 2.67. The van der Waals surface area contributed by atoms with Crippen LogP contribution in [0.25, 0.3) is 0 Å². The molecule has 3 N–H and O–H groups in total. The molecule has 1 amide bonds. The van der Waals surface area contributed by atoms with Crippen LogP contribution in [0.2, 0.25) is 0 Å². The van der Waals surface area contributed by atoms with E-state index in [0.717, 1.165) is 31.4 Å². The van der Waals surface area contributed by atoms with Crippen LogP contribution >= 0.6 is 0 Å². The first-order valence-electron chi connectivity index (χ1n) is 11.2. The third-order valence-corrected chi connectivity index (χ3v) is 6.08. The third-order valence-electron chi connectivity index (χ3n) is 6.08. The number of rotatable bonds is 9. The molecule has 1 unspecified atom stereocenters. The van der Waals surface area contributed by atoms with Crippen LogP contribution in [0.15, 0.2) is 27.8 Å². The summed E-state index contributed by atoms with van der Waals surface area (Å²) in [4.78, 5) is 18.9. The molecular weight excluding hydrogens is 366 g/mol. The number of hydrogen-bond acceptors (Lipinski definition) is 4. The zero-order valence-electron chi connectivity index (χ0n) is 17.8. The Hall–Kier alpha value is -2.02. The molecule has 2 aliphatic rings. The average Bonchev–Trinajstić information content (AvgIpc) is 3.45. The van der Waals surface area contributed by atoms with E-state index in [1.54, 1.807) is 13.3 Å². The summed E-state index contributed by atoms with van der Waals surface area (Å²) in [6.45, 7) is 4.21. The Balaban J connectivity index is 1.35. The SMILES string of the molecule is CN=C(NCCNC(=O)CC1CCCCC1)NCC(c1ccco1)N1CCCC1. The summed E-state index contributed by atoms with van der Waals surface area (Å²) in [5, 5.41) is 9.74. The van der Waals surface area contributed by atoms with Crippen LogP contribution < -0.4 is 16.0 Å². The van der Waals surface area contributed by atoms with Gasteiger partial charge in [-0.1, -0.05) is 19.3 Å². The van der Waals surface area contributed by atoms with Crippen LogP contribution in [-0.2, 0) is 4.79 Å². The normalized spacial score (nSPS) is 19.8. The minimum absolute atomic E-state index is 0.175. The molecule has 29 heavy (non-hydrogen) atoms. The highest BCUT2D eigenvalue weighted by Crippen LogP contribution is 2.26. The number of amides is 1. The van der Waals surface area contributed by atoms with Crippen molar-refractivity contribution in [1.29, 1.82) is 0 Å². The van der Waals surface area contributed by atoms with Crippen molar-refractivity contribution in [1.82, 2.24) is 20.9 Å². The fourth-order valence-corrected chi connectivity index (χ4v) is 4.47. The van der Waals surface area contributed by atoms with E-state index in [1.165, 1.54) is 44.9 Å². The van der Waals surface area contributed by atoms with Crippen LogP contribution in [-0.4, -0.2) is 56.5 Å². The second-order valence-corrected chi connectivity index (χ2v) is 8.21. The summed E-state index contributed by atoms with van der Waals surface area (Å²) in [7, 11) is 1.77. The summed E-state index contributed by atoms with van der Waals surface area (Å²) in [6.07, 6.45) is 11.2. The van der Waals surface area contributed by atoms with Gasteiger partial charge in [0.2, 0.25) is 5.91 Å². The predicted molar refractivity (Wildman–Crippen MR) is 116 cm³/mol. The molecule has 0 spiro atoms. The molecule has 2 fully saturated rings. The van der Waals surface area contributed by atoms with Gasteiger partial charge in [-0.3, -0.25) is 14.7 Å². The maximum atomic E-state index is 12.1. The molecule has 1 aliphatic carbocycles. The molecule has 1 saturated heterocycles. The number of likely N-dealkylation sites (tertiary alicyclic amines) is 1. The number of carbonyl (C=O) groups excluding carboxylic acids is 1. The van der Waals surface area contributed by atoms with Crippen LogP contribution in [0.5, 0.6) is 0 Å². The van der Waals surface area contributed by atoms with Crippen molar-refractivity contribution < 1.29 is 9.21 Å². The molecular formula is C22H37N5O2. The quantitative estimate of drug-likeness (QED) is 0.335. The van der Waals surface area contributed by atoms with Gasteiger partial charge in [0.1, 0.15) is 5.76 Å². The van der Waals surface area contributed by atoms with Gasteiger partial charge in [-0.25, -0.2) is 0 Å². The molecule has 1 aromatic rings. The summed E-state index contributed by atoms with van der Waals surface area (Å²) >= 11 is 0. The minimum Gasteiger partial charge on any atom is -0.468 e. The second kappa shape index (κ2) is 11.9. The lowest BCUT2D eigenvalue weighted by atomic mass is 9.87. The molecule has 3 rings (SSSR count). The van der Waals surface area contributed by atoms with Crippen molar-refractivity contribution in [3.8, 4) is 0 Å². The van der Waals surface area contributed by atoms with Crippen LogP contribution in [0.3, 0.4) is 0 Å². The average molecular weight is 404 g/mol. The number of nitrogens with one attached hydrogen (secondary N) is 3. The van der Waals surface area contributed by atoms with E-state index in [-0.39, 0.29) is 11.9 Å². The van der Waals surface area contributed by atoms with Crippen molar-refractivity contribution in [3.63, 3.8) is 0 Å². The van der Waals surface area contributed by atoms with Crippen molar-refractivity contribution in [2.75, 3.05) is 39.8 Å². The topological polar surface area (TPSA) is 81.9 Å². The van der Waals surface area contributed by atoms with E-state index >= 15 is 0 Å². The van der Waals surface area contributed by atoms with Gasteiger partial charge in [0.15, 0.2) is 5.96 Å². The van der Waals surface area contributed by atoms with Gasteiger partial charge in [0.05, 0.1) is 12.3 Å². The zero-order chi connectivity index (χ0) is 20.3. The molecule has 0 radical (unpaired) electrons. The van der Waals surface area contributed by atoms with Crippen molar-refractivity contribution in [3.05, 3.63) is 24.2 Å². The highest BCUT2D eigenvalue weighted by Gasteiger charge is 2.25. The van der Waals surface area contributed by atoms with Gasteiger partial charge in [-0.05, 0) is 56.8 Å². The highest BCUT2D eigenvalue weighted by atomic mass is 16.3. The number of carbonyl (C=O) groups is 1. The molecule has 0 bridgehead atoms. The lowest BCUT2D eigenvalue weighted by Crippen LogP contribution is -2.44. The molecule has 1 atom stereocenters. The Labute approximate surface area is 174 Å². The van der Waals surface area contributed by atoms with Gasteiger partial charge in [0.25, 0.3) is 0 Å². The van der Waals surface area contributed by atoms with Gasteiger partial charge in [0, 0.05) is 33.1 Å². The van der Waals surface area contributed by atoms with E-state index in [2.05, 4.69) is 25.8 Å². The van der Waals surface area contributed by atoms with Crippen LogP contribution in [0.4, 0.5) is 0 Å². The Bertz CT molecular complexity index is 619.